The van der Waals surface area contributed by atoms with Crippen LogP contribution in [-0.2, 0) is 19.3 Å². The van der Waals surface area contributed by atoms with E-state index in [1.807, 2.05) is 0 Å². The van der Waals surface area contributed by atoms with Gasteiger partial charge in [-0.15, -0.1) is 0 Å². The van der Waals surface area contributed by atoms with Gasteiger partial charge in [-0.3, -0.25) is 34.2 Å². The van der Waals surface area contributed by atoms with Crippen LogP contribution in [0.25, 0.3) is 0 Å². The number of nitrogens with two attached hydrogens (primary N) is 1. The van der Waals surface area contributed by atoms with Crippen LogP contribution >= 0.6 is 69.6 Å². The van der Waals surface area contributed by atoms with Crippen molar-refractivity contribution in [1.82, 2.24) is 15.0 Å². The molecule has 3 heterocycles. The molecule has 0 aliphatic heterocycles. The molecular weight excluding hydrogens is 1310 g/mol. The molecular formula is C68H56Cl6N10O9. The van der Waals surface area contributed by atoms with E-state index in [1.54, 1.807) is 141 Å². The first-order valence-electron chi connectivity index (χ1n) is 27.6. The molecule has 474 valence electrons. The fraction of sp³-hybridized carbons (Fsp3) is 0.118. The average Bonchev–Trinajstić information content (AvgIpc) is 0.862. The number of nitrogens with zero attached hydrogens (tertiary/aromatic N) is 3. The summed E-state index contributed by atoms with van der Waals surface area (Å²) < 4.78 is 16.2. The molecule has 0 aliphatic rings. The van der Waals surface area contributed by atoms with Gasteiger partial charge in [-0.25, -0.2) is 15.0 Å². The highest BCUT2D eigenvalue weighted by atomic mass is 35.5. The summed E-state index contributed by atoms with van der Waals surface area (Å²) in [5, 5.41) is 33.0. The molecule has 0 unspecified atom stereocenters. The molecule has 0 saturated heterocycles. The lowest BCUT2D eigenvalue weighted by Gasteiger charge is -2.15. The van der Waals surface area contributed by atoms with Crippen molar-refractivity contribution in [1.29, 1.82) is 16.2 Å². The van der Waals surface area contributed by atoms with Gasteiger partial charge in [0.1, 0.15) is 40.5 Å². The molecule has 3 amide bonds. The van der Waals surface area contributed by atoms with Gasteiger partial charge < -0.3 is 46.7 Å². The molecule has 0 atom stereocenters. The molecule has 93 heavy (non-hydrogen) atoms. The molecule has 8 N–H and O–H groups in total. The van der Waals surface area contributed by atoms with E-state index in [4.69, 9.17) is 106 Å². The lowest BCUT2D eigenvalue weighted by Crippen LogP contribution is -2.18. The Kier molecular flexibility index (Phi) is 25.0. The Bertz CT molecular complexity index is 3870. The number of benzene rings is 6. The van der Waals surface area contributed by atoms with Crippen molar-refractivity contribution in [3.05, 3.63) is 261 Å². The maximum Gasteiger partial charge on any atom is 0.257 e. The number of methoxy groups -OCH3 is 3. The van der Waals surface area contributed by atoms with Crippen LogP contribution in [-0.4, -0.2) is 88.6 Å². The second kappa shape index (κ2) is 32.9. The fourth-order valence-electron chi connectivity index (χ4n) is 8.87. The second-order valence-corrected chi connectivity index (χ2v) is 22.7. The molecule has 3 aromatic heterocycles. The molecule has 0 bridgehead atoms. The molecule has 9 aromatic rings. The lowest BCUT2D eigenvalue weighted by molar-refractivity contribution is 0.0979. The van der Waals surface area contributed by atoms with E-state index in [0.29, 0.717) is 110 Å². The number of Topliss-reactive ketones (excluding diaryl/α,β-unsaturated/α-hetero) is 3. The topological polar surface area (TPSA) is 302 Å². The molecule has 0 spiro atoms. The zero-order chi connectivity index (χ0) is 67.6. The van der Waals surface area contributed by atoms with Crippen LogP contribution in [0, 0.1) is 16.2 Å². The molecule has 6 aromatic carbocycles. The summed E-state index contributed by atoms with van der Waals surface area (Å²) in [5.41, 5.74) is 11.4. The Hall–Kier alpha value is -9.86. The van der Waals surface area contributed by atoms with Crippen molar-refractivity contribution in [2.24, 2.45) is 5.73 Å². The quantitative estimate of drug-likeness (QED) is 0.0200. The van der Waals surface area contributed by atoms with Gasteiger partial charge in [-0.1, -0.05) is 142 Å². The van der Waals surface area contributed by atoms with E-state index in [-0.39, 0.29) is 64.2 Å². The van der Waals surface area contributed by atoms with Crippen molar-refractivity contribution in [2.75, 3.05) is 37.3 Å². The number of carbonyl (C=O) groups excluding carboxylic acids is 6. The van der Waals surface area contributed by atoms with Gasteiger partial charge in [-0.05, 0) is 97.8 Å². The van der Waals surface area contributed by atoms with Gasteiger partial charge >= 0.3 is 0 Å². The van der Waals surface area contributed by atoms with Gasteiger partial charge in [-0.2, -0.15) is 0 Å². The number of carbonyl (C=O) groups is 6. The summed E-state index contributed by atoms with van der Waals surface area (Å²) in [6.45, 7) is 3.35. The van der Waals surface area contributed by atoms with Gasteiger partial charge in [0, 0.05) is 120 Å². The predicted molar refractivity (Wildman–Crippen MR) is 365 cm³/mol. The van der Waals surface area contributed by atoms with Crippen molar-refractivity contribution < 1.29 is 43.0 Å². The van der Waals surface area contributed by atoms with E-state index in [1.165, 1.54) is 58.1 Å². The summed E-state index contributed by atoms with van der Waals surface area (Å²) in [5.74, 6) is -0.285. The smallest absolute Gasteiger partial charge is 0.257 e. The second-order valence-electron chi connectivity index (χ2n) is 20.0. The van der Waals surface area contributed by atoms with E-state index < -0.39 is 17.7 Å². The van der Waals surface area contributed by atoms with Gasteiger partial charge in [0.2, 0.25) is 0 Å². The number of amidine groups is 1. The molecule has 0 saturated carbocycles. The van der Waals surface area contributed by atoms with E-state index >= 15 is 0 Å². The molecule has 9 rings (SSSR count). The van der Waals surface area contributed by atoms with E-state index in [0.717, 1.165) is 11.1 Å². The number of hydrogen-bond donors (Lipinski definition) is 7. The van der Waals surface area contributed by atoms with Crippen molar-refractivity contribution >= 4 is 139 Å². The third-order valence-electron chi connectivity index (χ3n) is 13.6. The minimum Gasteiger partial charge on any atom is -0.496 e. The summed E-state index contributed by atoms with van der Waals surface area (Å²) in [4.78, 5) is 89.7. The first-order chi connectivity index (χ1) is 44.3. The number of hydrogen-bond acceptors (Lipinski definition) is 15. The molecule has 25 heteroatoms. The van der Waals surface area contributed by atoms with E-state index in [2.05, 4.69) is 30.9 Å². The number of ketones is 3. The number of amides is 3. The number of halogens is 6. The van der Waals surface area contributed by atoms with Crippen LogP contribution in [0.2, 0.25) is 30.1 Å². The Morgan fingerprint density at radius 3 is 0.839 bits per heavy atom. The number of nitrogens with one attached hydrogen (secondary N) is 6. The maximum absolute atomic E-state index is 12.9. The van der Waals surface area contributed by atoms with Crippen LogP contribution in [0.3, 0.4) is 0 Å². The number of pyridine rings is 3. The number of rotatable bonds is 21. The third kappa shape index (κ3) is 19.6. The summed E-state index contributed by atoms with van der Waals surface area (Å²) >= 11 is 36.0. The minimum atomic E-state index is -0.495. The van der Waals surface area contributed by atoms with Crippen molar-refractivity contribution in [3.8, 4) is 17.2 Å². The zero-order valence-electron chi connectivity index (χ0n) is 50.1. The van der Waals surface area contributed by atoms with Crippen LogP contribution in [0.1, 0.15) is 109 Å². The highest BCUT2D eigenvalue weighted by Crippen LogP contribution is 2.33. The number of ether oxygens (including phenoxy) is 3. The summed E-state index contributed by atoms with van der Waals surface area (Å²) in [7, 11) is 4.33. The third-order valence-corrected chi connectivity index (χ3v) is 15.0. The van der Waals surface area contributed by atoms with Crippen molar-refractivity contribution in [2.45, 2.75) is 33.1 Å². The monoisotopic (exact) mass is 1370 g/mol. The van der Waals surface area contributed by atoms with E-state index in [9.17, 15) is 28.8 Å². The zero-order valence-corrected chi connectivity index (χ0v) is 54.6. The highest BCUT2D eigenvalue weighted by Gasteiger charge is 2.25. The standard InChI is InChI=1S/2C23H19Cl2N3O3.C22H18Cl2N4O3/c2*1-13(26)14-3-5-15(6-4-14)20(29)11-18-19(9-17(25)10-21(18)31-2)23(30)28-22-8-7-16(24)12-27-22;1-31-19-9-15(24)8-17(22(30)28-20-7-6-14(23)11-27-20)16(19)10-18(29)12-2-4-13(5-3-12)21(25)26/h2*3-10,12,26H,11H2,1-2H3,(H,27,28,30);2-9,11H,10H2,1H3,(H3,25,26)(H,27,28,30). The largest absolute Gasteiger partial charge is 0.496 e. The number of nitrogen functional groups attached to an aromatic ring is 1. The fourth-order valence-corrected chi connectivity index (χ4v) is 9.83. The van der Waals surface area contributed by atoms with Crippen LogP contribution in [0.4, 0.5) is 17.5 Å². The highest BCUT2D eigenvalue weighted by molar-refractivity contribution is 6.33. The van der Waals surface area contributed by atoms with Gasteiger partial charge in [0.15, 0.2) is 17.3 Å². The van der Waals surface area contributed by atoms with Crippen LogP contribution in [0.5, 0.6) is 17.2 Å². The predicted octanol–water partition coefficient (Wildman–Crippen LogP) is 15.3. The average molecular weight is 1370 g/mol. The molecule has 0 radical (unpaired) electrons. The lowest BCUT2D eigenvalue weighted by atomic mass is 9.96. The Morgan fingerprint density at radius 2 is 0.624 bits per heavy atom. The van der Waals surface area contributed by atoms with Gasteiger partial charge in [0.05, 0.1) is 36.4 Å². The Labute approximate surface area is 564 Å². The normalized spacial score (nSPS) is 10.4. The summed E-state index contributed by atoms with van der Waals surface area (Å²) in [6.07, 6.45) is 4.00. The minimum absolute atomic E-state index is 0.0694. The van der Waals surface area contributed by atoms with Crippen LogP contribution in [0.15, 0.2) is 164 Å². The first-order valence-corrected chi connectivity index (χ1v) is 29.8. The Balaban J connectivity index is 0.000000198. The molecule has 0 fully saturated rings. The van der Waals surface area contributed by atoms with Crippen LogP contribution < -0.4 is 35.9 Å². The SMILES string of the molecule is COc1cc(Cl)cc(C(=O)Nc2ccc(Cl)cn2)c1CC(=O)c1ccc(C(=N)N)cc1.COc1cc(Cl)cc(C(=O)Nc2ccc(Cl)cn2)c1CC(=O)c1ccc(C(C)=N)cc1.COc1cc(Cl)cc(C(=O)Nc2ccc(Cl)cn2)c1CC(=O)c1ccc(C(C)=N)cc1. The maximum atomic E-state index is 12.9. The van der Waals surface area contributed by atoms with Gasteiger partial charge in [0.25, 0.3) is 17.7 Å². The molecule has 0 aliphatic carbocycles. The summed E-state index contributed by atoms with van der Waals surface area (Å²) in [6, 6.07) is 38.5. The molecule has 19 nitrogen and oxygen atoms in total. The van der Waals surface area contributed by atoms with Crippen molar-refractivity contribution in [3.63, 3.8) is 0 Å². The number of anilines is 3. The number of aromatic nitrogens is 3. The first kappa shape index (κ1) is 70.6. The Morgan fingerprint density at radius 1 is 0.376 bits per heavy atom.